The number of thiazole rings is 1. The molecule has 1 aromatic heterocycles. The molecule has 1 heterocycles. The molecule has 0 amide bonds. The van der Waals surface area contributed by atoms with E-state index in [1.54, 1.807) is 17.5 Å². The molecular weight excluding hydrogens is 250 g/mol. The van der Waals surface area contributed by atoms with E-state index in [4.69, 9.17) is 9.47 Å². The Balaban J connectivity index is 2.23. The number of nitrogens with zero attached hydrogens (tertiary/aromatic N) is 1. The van der Waals surface area contributed by atoms with Crippen LogP contribution in [0.15, 0.2) is 11.6 Å². The van der Waals surface area contributed by atoms with Gasteiger partial charge in [0.1, 0.15) is 17.4 Å². The van der Waals surface area contributed by atoms with Gasteiger partial charge in [-0.2, -0.15) is 0 Å². The lowest BCUT2D eigenvalue weighted by atomic mass is 10.1. The van der Waals surface area contributed by atoms with Crippen LogP contribution in [-0.4, -0.2) is 26.5 Å². The van der Waals surface area contributed by atoms with Crippen LogP contribution in [0.4, 0.5) is 0 Å². The van der Waals surface area contributed by atoms with Crippen LogP contribution in [0.1, 0.15) is 18.9 Å². The van der Waals surface area contributed by atoms with E-state index in [-0.39, 0.29) is 5.60 Å². The molecule has 1 aromatic rings. The highest BCUT2D eigenvalue weighted by atomic mass is 32.1. The first-order chi connectivity index (χ1) is 7.81. The van der Waals surface area contributed by atoms with E-state index in [1.165, 1.54) is 6.04 Å². The Morgan fingerprint density at radius 3 is 2.59 bits per heavy atom. The van der Waals surface area contributed by atoms with Crippen molar-refractivity contribution < 1.29 is 9.47 Å². The first kappa shape index (κ1) is 14.8. The molecule has 0 saturated heterocycles. The maximum absolute atomic E-state index is 5.73. The van der Waals surface area contributed by atoms with Crippen molar-refractivity contribution in [2.75, 3.05) is 13.4 Å². The Labute approximate surface area is 109 Å². The maximum atomic E-state index is 5.73. The van der Waals surface area contributed by atoms with Gasteiger partial charge in [0, 0.05) is 26.3 Å². The molecule has 17 heavy (non-hydrogen) atoms. The number of ether oxygens (including phenoxy) is 2. The fourth-order valence-electron chi connectivity index (χ4n) is 1.21. The van der Waals surface area contributed by atoms with Gasteiger partial charge in [-0.05, 0) is 19.9 Å². The lowest BCUT2D eigenvalue weighted by Gasteiger charge is -2.23. The molecule has 1 rings (SSSR count). The van der Waals surface area contributed by atoms with Gasteiger partial charge in [-0.3, -0.25) is 0 Å². The molecule has 0 fully saturated rings. The molecule has 0 radical (unpaired) electrons. The Bertz CT molecular complexity index is 320. The van der Waals surface area contributed by atoms with Gasteiger partial charge in [0.05, 0.1) is 0 Å². The first-order valence-corrected chi connectivity index (χ1v) is 10.5. The Kier molecular flexibility index (Phi) is 5.31. The molecule has 0 aliphatic rings. The minimum Gasteiger partial charge on any atom is -0.356 e. The second kappa shape index (κ2) is 6.09. The van der Waals surface area contributed by atoms with Crippen molar-refractivity contribution in [3.05, 3.63) is 16.6 Å². The van der Waals surface area contributed by atoms with Gasteiger partial charge in [0.2, 0.25) is 0 Å². The summed E-state index contributed by atoms with van der Waals surface area (Å²) in [5.41, 5.74) is -0.354. The highest BCUT2D eigenvalue weighted by Gasteiger charge is 2.24. The molecule has 0 bridgehead atoms. The zero-order valence-electron chi connectivity index (χ0n) is 11.4. The van der Waals surface area contributed by atoms with Crippen LogP contribution >= 0.6 is 11.3 Å². The lowest BCUT2D eigenvalue weighted by molar-refractivity contribution is -0.129. The van der Waals surface area contributed by atoms with E-state index in [2.05, 4.69) is 24.6 Å². The molecule has 0 saturated carbocycles. The fourth-order valence-corrected chi connectivity index (χ4v) is 2.68. The van der Waals surface area contributed by atoms with Crippen molar-refractivity contribution in [2.24, 2.45) is 0 Å². The molecule has 5 heteroatoms. The average molecular weight is 273 g/mol. The van der Waals surface area contributed by atoms with E-state index in [9.17, 15) is 0 Å². The molecular formula is C12H23NO2SSi. The van der Waals surface area contributed by atoms with Crippen molar-refractivity contribution >= 4 is 19.4 Å². The highest BCUT2D eigenvalue weighted by molar-refractivity contribution is 7.09. The standard InChI is InChI=1S/C12H23NO2SSi/c1-12(2,11-13-6-8-16-11)15-10-14-7-9-17(3,4)5/h6,8H,7,9-10H2,1-5H3. The van der Waals surface area contributed by atoms with Gasteiger partial charge in [0.25, 0.3) is 0 Å². The topological polar surface area (TPSA) is 31.4 Å². The molecule has 0 atom stereocenters. The number of hydrogen-bond donors (Lipinski definition) is 0. The summed E-state index contributed by atoms with van der Waals surface area (Å²) in [7, 11) is -0.997. The van der Waals surface area contributed by atoms with Gasteiger partial charge in [-0.25, -0.2) is 4.98 Å². The largest absolute Gasteiger partial charge is 0.356 e. The fraction of sp³-hybridized carbons (Fsp3) is 0.750. The molecule has 0 aromatic carbocycles. The normalized spacial score (nSPS) is 13.0. The summed E-state index contributed by atoms with van der Waals surface area (Å²) in [5.74, 6) is 0. The maximum Gasteiger partial charge on any atom is 0.147 e. The second-order valence-corrected chi connectivity index (χ2v) is 12.3. The lowest BCUT2D eigenvalue weighted by Crippen LogP contribution is -2.25. The molecule has 0 unspecified atom stereocenters. The van der Waals surface area contributed by atoms with Crippen molar-refractivity contribution in [2.45, 2.75) is 45.1 Å². The summed E-state index contributed by atoms with van der Waals surface area (Å²) in [6.45, 7) is 12.2. The third kappa shape index (κ3) is 5.77. The van der Waals surface area contributed by atoms with E-state index < -0.39 is 8.07 Å². The van der Waals surface area contributed by atoms with Crippen LogP contribution in [0.5, 0.6) is 0 Å². The molecule has 0 N–H and O–H groups in total. The molecule has 0 aliphatic carbocycles. The second-order valence-electron chi connectivity index (χ2n) is 5.83. The van der Waals surface area contributed by atoms with E-state index in [0.29, 0.717) is 6.79 Å². The van der Waals surface area contributed by atoms with E-state index in [1.807, 2.05) is 19.2 Å². The first-order valence-electron chi connectivity index (χ1n) is 5.93. The molecule has 0 spiro atoms. The number of rotatable bonds is 7. The predicted molar refractivity (Wildman–Crippen MR) is 75.2 cm³/mol. The van der Waals surface area contributed by atoms with E-state index >= 15 is 0 Å². The van der Waals surface area contributed by atoms with Crippen molar-refractivity contribution in [1.82, 2.24) is 4.98 Å². The van der Waals surface area contributed by atoms with Gasteiger partial charge >= 0.3 is 0 Å². The van der Waals surface area contributed by atoms with Crippen LogP contribution in [0, 0.1) is 0 Å². The zero-order valence-corrected chi connectivity index (χ0v) is 13.3. The summed E-state index contributed by atoms with van der Waals surface area (Å²) in [6, 6.07) is 1.17. The Morgan fingerprint density at radius 2 is 2.06 bits per heavy atom. The van der Waals surface area contributed by atoms with Crippen LogP contribution in [0.25, 0.3) is 0 Å². The van der Waals surface area contributed by atoms with Crippen LogP contribution < -0.4 is 0 Å². The smallest absolute Gasteiger partial charge is 0.147 e. The summed E-state index contributed by atoms with van der Waals surface area (Å²) in [6.07, 6.45) is 1.80. The van der Waals surface area contributed by atoms with E-state index in [0.717, 1.165) is 11.6 Å². The van der Waals surface area contributed by atoms with Crippen molar-refractivity contribution in [3.8, 4) is 0 Å². The van der Waals surface area contributed by atoms with Crippen LogP contribution in [0.2, 0.25) is 25.7 Å². The van der Waals surface area contributed by atoms with Gasteiger partial charge in [-0.15, -0.1) is 11.3 Å². The van der Waals surface area contributed by atoms with Crippen LogP contribution in [0.3, 0.4) is 0 Å². The molecule has 3 nitrogen and oxygen atoms in total. The third-order valence-corrected chi connectivity index (χ3v) is 5.23. The molecule has 98 valence electrons. The molecule has 0 aliphatic heterocycles. The summed E-state index contributed by atoms with van der Waals surface area (Å²) < 4.78 is 11.3. The highest BCUT2D eigenvalue weighted by Crippen LogP contribution is 2.26. The van der Waals surface area contributed by atoms with Gasteiger partial charge in [-0.1, -0.05) is 19.6 Å². The number of hydrogen-bond acceptors (Lipinski definition) is 4. The quantitative estimate of drug-likeness (QED) is 0.431. The summed E-state index contributed by atoms with van der Waals surface area (Å²) in [5, 5.41) is 2.96. The minimum atomic E-state index is -0.997. The Morgan fingerprint density at radius 1 is 1.35 bits per heavy atom. The predicted octanol–water partition coefficient (Wildman–Crippen LogP) is 3.71. The Hall–Kier alpha value is -0.233. The average Bonchev–Trinajstić information content (AvgIpc) is 2.68. The minimum absolute atomic E-state index is 0.344. The van der Waals surface area contributed by atoms with Gasteiger partial charge in [0.15, 0.2) is 0 Å². The zero-order chi connectivity index (χ0) is 12.9. The van der Waals surface area contributed by atoms with Gasteiger partial charge < -0.3 is 9.47 Å². The third-order valence-electron chi connectivity index (χ3n) is 2.45. The summed E-state index contributed by atoms with van der Waals surface area (Å²) >= 11 is 1.61. The van der Waals surface area contributed by atoms with Crippen molar-refractivity contribution in [1.29, 1.82) is 0 Å². The monoisotopic (exact) mass is 273 g/mol. The number of aromatic nitrogens is 1. The van der Waals surface area contributed by atoms with Crippen molar-refractivity contribution in [3.63, 3.8) is 0 Å². The SMILES string of the molecule is CC(C)(OCOCC[Si](C)(C)C)c1nccs1. The van der Waals surface area contributed by atoms with Crippen LogP contribution in [-0.2, 0) is 15.1 Å². The summed E-state index contributed by atoms with van der Waals surface area (Å²) in [4.78, 5) is 4.27.